The molecule has 2 aliphatic rings. The Morgan fingerprint density at radius 2 is 1.00 bits per heavy atom. The van der Waals surface area contributed by atoms with Crippen LogP contribution in [-0.4, -0.2) is 83.9 Å². The minimum absolute atomic E-state index is 0.267. The maximum absolute atomic E-state index is 12.4. The van der Waals surface area contributed by atoms with Crippen LogP contribution in [0, 0.1) is 27.7 Å². The van der Waals surface area contributed by atoms with Crippen LogP contribution in [0.3, 0.4) is 0 Å². The van der Waals surface area contributed by atoms with E-state index in [4.69, 9.17) is 0 Å². The molecule has 4 heterocycles. The van der Waals surface area contributed by atoms with Crippen LogP contribution in [0.15, 0.2) is 59.6 Å². The van der Waals surface area contributed by atoms with Crippen molar-refractivity contribution < 1.29 is 9.59 Å². The van der Waals surface area contributed by atoms with Crippen molar-refractivity contribution in [1.29, 1.82) is 0 Å². The van der Waals surface area contributed by atoms with E-state index in [2.05, 4.69) is 83.9 Å². The molecular weight excluding hydrogens is 613 g/mol. The number of hydrogen-bond acceptors (Lipinski definition) is 8. The summed E-state index contributed by atoms with van der Waals surface area (Å²) < 4.78 is 0. The van der Waals surface area contributed by atoms with E-state index in [0.29, 0.717) is 12.8 Å². The monoisotopic (exact) mass is 658 g/mol. The molecule has 8 nitrogen and oxygen atoms in total. The number of amides is 2. The van der Waals surface area contributed by atoms with Crippen LogP contribution in [0.5, 0.6) is 0 Å². The zero-order valence-electron chi connectivity index (χ0n) is 27.6. The van der Waals surface area contributed by atoms with E-state index in [1.54, 1.807) is 22.7 Å². The summed E-state index contributed by atoms with van der Waals surface area (Å²) in [6.45, 7) is 15.2. The standard InChI is InChI=1S/2C18H23N3OS/c2*1-14-3-4-16(15(2)13-14)5-6-17(22)20-8-10-21(11-9-20)18-19-7-12-23-18/h2*3-4,7,12-13H,5-6,8-11H2,1-2H3. The van der Waals surface area contributed by atoms with Crippen LogP contribution in [-0.2, 0) is 22.4 Å². The van der Waals surface area contributed by atoms with Crippen LogP contribution < -0.4 is 9.80 Å². The SMILES string of the molecule is Cc1ccc(CCC(=O)N2CCN(c3nccs3)CC2)c(C)c1.Cc1ccc(CCC(=O)N2CCN(c3nccs3)CC2)c(C)c1. The van der Waals surface area contributed by atoms with Crippen molar-refractivity contribution in [2.45, 2.75) is 53.4 Å². The second kappa shape index (κ2) is 16.2. The molecule has 10 heteroatoms. The molecule has 244 valence electrons. The van der Waals surface area contributed by atoms with Crippen LogP contribution >= 0.6 is 22.7 Å². The lowest BCUT2D eigenvalue weighted by atomic mass is 10.0. The molecule has 0 bridgehead atoms. The van der Waals surface area contributed by atoms with Gasteiger partial charge in [0.1, 0.15) is 0 Å². The number of aromatic nitrogens is 2. The highest BCUT2D eigenvalue weighted by molar-refractivity contribution is 7.13. The van der Waals surface area contributed by atoms with E-state index < -0.39 is 0 Å². The van der Waals surface area contributed by atoms with Gasteiger partial charge in [0.05, 0.1) is 0 Å². The molecular formula is C36H46N6O2S2. The summed E-state index contributed by atoms with van der Waals surface area (Å²) in [4.78, 5) is 42.1. The smallest absolute Gasteiger partial charge is 0.223 e. The molecule has 0 aliphatic carbocycles. The Balaban J connectivity index is 0.000000181. The van der Waals surface area contributed by atoms with Gasteiger partial charge >= 0.3 is 0 Å². The second-order valence-electron chi connectivity index (χ2n) is 12.2. The highest BCUT2D eigenvalue weighted by Crippen LogP contribution is 2.21. The van der Waals surface area contributed by atoms with Crippen molar-refractivity contribution in [2.75, 3.05) is 62.2 Å². The first-order valence-electron chi connectivity index (χ1n) is 16.2. The molecule has 2 aromatic heterocycles. The van der Waals surface area contributed by atoms with E-state index >= 15 is 0 Å². The molecule has 0 atom stereocenters. The zero-order chi connectivity index (χ0) is 32.5. The van der Waals surface area contributed by atoms with Gasteiger partial charge in [0, 0.05) is 88.4 Å². The number of thiazole rings is 2. The summed E-state index contributed by atoms with van der Waals surface area (Å²) in [7, 11) is 0. The average molecular weight is 659 g/mol. The van der Waals surface area contributed by atoms with E-state index in [1.165, 1.54) is 33.4 Å². The Kier molecular flexibility index (Phi) is 11.8. The number of benzene rings is 2. The maximum atomic E-state index is 12.4. The molecule has 0 saturated carbocycles. The minimum Gasteiger partial charge on any atom is -0.345 e. The predicted molar refractivity (Wildman–Crippen MR) is 190 cm³/mol. The topological polar surface area (TPSA) is 72.9 Å². The first-order valence-corrected chi connectivity index (χ1v) is 18.0. The highest BCUT2D eigenvalue weighted by Gasteiger charge is 2.23. The normalized spacial score (nSPS) is 15.0. The van der Waals surface area contributed by atoms with Crippen molar-refractivity contribution in [3.05, 3.63) is 92.9 Å². The van der Waals surface area contributed by atoms with Gasteiger partial charge in [-0.3, -0.25) is 9.59 Å². The van der Waals surface area contributed by atoms with Gasteiger partial charge in [0.25, 0.3) is 0 Å². The van der Waals surface area contributed by atoms with E-state index in [9.17, 15) is 9.59 Å². The van der Waals surface area contributed by atoms with Crippen molar-refractivity contribution in [3.8, 4) is 0 Å². The molecule has 2 aromatic carbocycles. The number of anilines is 2. The third kappa shape index (κ3) is 9.16. The van der Waals surface area contributed by atoms with Gasteiger partial charge in [-0.25, -0.2) is 9.97 Å². The second-order valence-corrected chi connectivity index (χ2v) is 14.0. The molecule has 2 fully saturated rings. The number of carbonyl (C=O) groups is 2. The molecule has 0 N–H and O–H groups in total. The third-order valence-electron chi connectivity index (χ3n) is 8.86. The summed E-state index contributed by atoms with van der Waals surface area (Å²) in [6, 6.07) is 12.9. The Bertz CT molecular complexity index is 1440. The van der Waals surface area contributed by atoms with E-state index in [-0.39, 0.29) is 11.8 Å². The summed E-state index contributed by atoms with van der Waals surface area (Å²) in [5.74, 6) is 0.535. The van der Waals surface area contributed by atoms with Crippen molar-refractivity contribution >= 4 is 44.8 Å². The Hall–Kier alpha value is -3.76. The van der Waals surface area contributed by atoms with E-state index in [1.807, 2.05) is 33.0 Å². The fourth-order valence-corrected chi connectivity index (χ4v) is 7.48. The third-order valence-corrected chi connectivity index (χ3v) is 10.5. The Labute approximate surface area is 281 Å². The number of rotatable bonds is 8. The lowest BCUT2D eigenvalue weighted by Crippen LogP contribution is -2.48. The fraction of sp³-hybridized carbons (Fsp3) is 0.444. The first kappa shape index (κ1) is 33.6. The number of piperazine rings is 2. The predicted octanol–water partition coefficient (Wildman–Crippen LogP) is 6.08. The van der Waals surface area contributed by atoms with Gasteiger partial charge in [-0.2, -0.15) is 0 Å². The van der Waals surface area contributed by atoms with Crippen LogP contribution in [0.25, 0.3) is 0 Å². The Morgan fingerprint density at radius 1 is 0.609 bits per heavy atom. The minimum atomic E-state index is 0.267. The van der Waals surface area contributed by atoms with Gasteiger partial charge in [-0.15, -0.1) is 22.7 Å². The largest absolute Gasteiger partial charge is 0.345 e. The molecule has 6 rings (SSSR count). The van der Waals surface area contributed by atoms with Crippen molar-refractivity contribution in [3.63, 3.8) is 0 Å². The van der Waals surface area contributed by atoms with Gasteiger partial charge in [-0.05, 0) is 62.8 Å². The van der Waals surface area contributed by atoms with E-state index in [0.717, 1.165) is 75.5 Å². The molecule has 0 unspecified atom stereocenters. The van der Waals surface area contributed by atoms with Crippen LogP contribution in [0.4, 0.5) is 10.3 Å². The number of nitrogens with zero attached hydrogens (tertiary/aromatic N) is 6. The summed E-state index contributed by atoms with van der Waals surface area (Å²) in [6.07, 6.45) is 6.53. The molecule has 0 spiro atoms. The number of carbonyl (C=O) groups excluding carboxylic acids is 2. The first-order chi connectivity index (χ1) is 22.3. The van der Waals surface area contributed by atoms with Crippen molar-refractivity contribution in [1.82, 2.24) is 19.8 Å². The molecule has 2 amide bonds. The Morgan fingerprint density at radius 3 is 1.33 bits per heavy atom. The molecule has 2 aliphatic heterocycles. The van der Waals surface area contributed by atoms with Gasteiger partial charge in [-0.1, -0.05) is 47.5 Å². The van der Waals surface area contributed by atoms with Gasteiger partial charge in [0.2, 0.25) is 11.8 Å². The lowest BCUT2D eigenvalue weighted by Gasteiger charge is -2.34. The quantitative estimate of drug-likeness (QED) is 0.229. The maximum Gasteiger partial charge on any atom is 0.223 e. The fourth-order valence-electron chi connectivity index (χ4n) is 6.09. The lowest BCUT2D eigenvalue weighted by molar-refractivity contribution is -0.132. The van der Waals surface area contributed by atoms with Gasteiger partial charge in [0.15, 0.2) is 10.3 Å². The van der Waals surface area contributed by atoms with Crippen molar-refractivity contribution in [2.24, 2.45) is 0 Å². The highest BCUT2D eigenvalue weighted by atomic mass is 32.1. The molecule has 0 radical (unpaired) electrons. The summed E-state index contributed by atoms with van der Waals surface area (Å²) in [5, 5.41) is 6.12. The molecule has 46 heavy (non-hydrogen) atoms. The molecule has 2 saturated heterocycles. The van der Waals surface area contributed by atoms with Gasteiger partial charge < -0.3 is 19.6 Å². The summed E-state index contributed by atoms with van der Waals surface area (Å²) >= 11 is 3.32. The number of hydrogen-bond donors (Lipinski definition) is 0. The molecule has 4 aromatic rings. The van der Waals surface area contributed by atoms with Crippen LogP contribution in [0.2, 0.25) is 0 Å². The zero-order valence-corrected chi connectivity index (χ0v) is 29.2. The number of aryl methyl sites for hydroxylation is 6. The van der Waals surface area contributed by atoms with Crippen LogP contribution in [0.1, 0.15) is 46.2 Å². The summed E-state index contributed by atoms with van der Waals surface area (Å²) in [5.41, 5.74) is 7.68. The average Bonchev–Trinajstić information content (AvgIpc) is 3.80.